The predicted molar refractivity (Wildman–Crippen MR) is 73.9 cm³/mol. The average molecular weight is 235 g/mol. The van der Waals surface area contributed by atoms with Crippen LogP contribution < -0.4 is 5.32 Å². The zero-order chi connectivity index (χ0) is 12.9. The van der Waals surface area contributed by atoms with Crippen LogP contribution in [-0.4, -0.2) is 21.9 Å². The van der Waals surface area contributed by atoms with Crippen molar-refractivity contribution in [3.05, 3.63) is 24.0 Å². The van der Waals surface area contributed by atoms with Crippen LogP contribution in [0.2, 0.25) is 0 Å². The maximum atomic E-state index is 4.28. The molecule has 0 atom stereocenters. The zero-order valence-corrected chi connectivity index (χ0v) is 11.7. The minimum atomic E-state index is 0.203. The minimum Gasteiger partial charge on any atom is -0.312 e. The van der Waals surface area contributed by atoms with Crippen molar-refractivity contribution < 1.29 is 0 Å². The number of aryl methyl sites for hydroxylation is 1. The Morgan fingerprint density at radius 3 is 2.71 bits per heavy atom. The van der Waals surface area contributed by atoms with Gasteiger partial charge in [0.05, 0.1) is 6.20 Å². The van der Waals surface area contributed by atoms with E-state index in [2.05, 4.69) is 57.3 Å². The first kappa shape index (κ1) is 14.0. The summed E-state index contributed by atoms with van der Waals surface area (Å²) in [7, 11) is 0. The first-order valence-corrected chi connectivity index (χ1v) is 6.37. The third-order valence-electron chi connectivity index (χ3n) is 2.66. The highest BCUT2D eigenvalue weighted by molar-refractivity contribution is 5.62. The van der Waals surface area contributed by atoms with Gasteiger partial charge in [0, 0.05) is 23.8 Å². The van der Waals surface area contributed by atoms with E-state index in [1.165, 1.54) is 11.1 Å². The fourth-order valence-electron chi connectivity index (χ4n) is 1.59. The van der Waals surface area contributed by atoms with Gasteiger partial charge in [0.15, 0.2) is 0 Å². The molecule has 0 aliphatic rings. The molecule has 0 saturated carbocycles. The number of hydrogen-bond donors (Lipinski definition) is 1. The van der Waals surface area contributed by atoms with Crippen molar-refractivity contribution in [2.24, 2.45) is 0 Å². The van der Waals surface area contributed by atoms with E-state index in [1.807, 2.05) is 10.9 Å². The van der Waals surface area contributed by atoms with Crippen molar-refractivity contribution in [1.29, 1.82) is 0 Å². The van der Waals surface area contributed by atoms with Gasteiger partial charge in [-0.05, 0) is 53.2 Å². The molecule has 1 aromatic rings. The van der Waals surface area contributed by atoms with E-state index in [1.54, 1.807) is 0 Å². The number of aromatic nitrogens is 2. The summed E-state index contributed by atoms with van der Waals surface area (Å²) in [4.78, 5) is 0. The second kappa shape index (κ2) is 6.01. The Kier molecular flexibility index (Phi) is 4.94. The normalized spacial score (nSPS) is 13.1. The van der Waals surface area contributed by atoms with Gasteiger partial charge in [-0.25, -0.2) is 0 Å². The van der Waals surface area contributed by atoms with E-state index in [4.69, 9.17) is 0 Å². The predicted octanol–water partition coefficient (Wildman–Crippen LogP) is 3.08. The lowest BCUT2D eigenvalue weighted by atomic mass is 10.1. The van der Waals surface area contributed by atoms with Crippen LogP contribution in [0.3, 0.4) is 0 Å². The molecule has 1 heterocycles. The van der Waals surface area contributed by atoms with Gasteiger partial charge in [-0.2, -0.15) is 5.10 Å². The van der Waals surface area contributed by atoms with Gasteiger partial charge in [-0.15, -0.1) is 0 Å². The molecule has 3 nitrogen and oxygen atoms in total. The molecule has 0 amide bonds. The van der Waals surface area contributed by atoms with Gasteiger partial charge < -0.3 is 5.32 Å². The number of nitrogens with zero attached hydrogens (tertiary/aromatic N) is 2. The summed E-state index contributed by atoms with van der Waals surface area (Å²) < 4.78 is 1.96. The number of hydrogen-bond acceptors (Lipinski definition) is 2. The van der Waals surface area contributed by atoms with Crippen LogP contribution in [0.4, 0.5) is 0 Å². The minimum absolute atomic E-state index is 0.203. The maximum Gasteiger partial charge on any atom is 0.0564 e. The summed E-state index contributed by atoms with van der Waals surface area (Å²) in [6.07, 6.45) is 7.37. The van der Waals surface area contributed by atoms with Gasteiger partial charge in [-0.3, -0.25) is 4.68 Å². The van der Waals surface area contributed by atoms with Crippen LogP contribution >= 0.6 is 0 Å². The molecule has 1 N–H and O–H groups in total. The fraction of sp³-hybridized carbons (Fsp3) is 0.643. The Hall–Kier alpha value is -1.09. The molecule has 0 saturated heterocycles. The maximum absolute atomic E-state index is 4.28. The largest absolute Gasteiger partial charge is 0.312 e. The lowest BCUT2D eigenvalue weighted by Gasteiger charge is -2.19. The van der Waals surface area contributed by atoms with E-state index in [0.717, 1.165) is 19.5 Å². The molecule has 1 rings (SSSR count). The van der Waals surface area contributed by atoms with E-state index in [0.29, 0.717) is 0 Å². The molecule has 1 aromatic heterocycles. The van der Waals surface area contributed by atoms with Crippen LogP contribution in [0.1, 0.15) is 46.6 Å². The summed E-state index contributed by atoms with van der Waals surface area (Å²) in [6.45, 7) is 12.8. The molecule has 3 heteroatoms. The Balaban J connectivity index is 2.44. The van der Waals surface area contributed by atoms with Gasteiger partial charge in [-0.1, -0.05) is 6.08 Å². The Morgan fingerprint density at radius 2 is 2.18 bits per heavy atom. The van der Waals surface area contributed by atoms with E-state index in [-0.39, 0.29) is 5.54 Å². The molecular formula is C14H25N3. The Bertz CT molecular complexity index is 369. The molecule has 17 heavy (non-hydrogen) atoms. The molecule has 0 radical (unpaired) electrons. The SMILES string of the molecule is CCn1cc(C(C)=CCCNC(C)(C)C)cn1. The second-order valence-corrected chi connectivity index (χ2v) is 5.44. The number of nitrogens with one attached hydrogen (secondary N) is 1. The third kappa shape index (κ3) is 5.18. The standard InChI is InChI=1S/C14H25N3/c1-6-17-11-13(10-16-17)12(2)8-7-9-15-14(3,4)5/h8,10-11,15H,6-7,9H2,1-5H3. The van der Waals surface area contributed by atoms with Crippen molar-refractivity contribution in [3.63, 3.8) is 0 Å². The van der Waals surface area contributed by atoms with E-state index in [9.17, 15) is 0 Å². The van der Waals surface area contributed by atoms with Gasteiger partial charge in [0.1, 0.15) is 0 Å². The molecule has 0 aliphatic heterocycles. The zero-order valence-electron chi connectivity index (χ0n) is 11.7. The molecular weight excluding hydrogens is 210 g/mol. The highest BCUT2D eigenvalue weighted by Gasteiger charge is 2.06. The molecule has 0 spiro atoms. The van der Waals surface area contributed by atoms with Crippen molar-refractivity contribution in [2.75, 3.05) is 6.54 Å². The summed E-state index contributed by atoms with van der Waals surface area (Å²) in [5.41, 5.74) is 2.73. The highest BCUT2D eigenvalue weighted by atomic mass is 15.3. The fourth-order valence-corrected chi connectivity index (χ4v) is 1.59. The topological polar surface area (TPSA) is 29.9 Å². The lowest BCUT2D eigenvalue weighted by Crippen LogP contribution is -2.36. The van der Waals surface area contributed by atoms with Gasteiger partial charge in [0.2, 0.25) is 0 Å². The van der Waals surface area contributed by atoms with Gasteiger partial charge in [0.25, 0.3) is 0 Å². The van der Waals surface area contributed by atoms with Crippen LogP contribution in [0, 0.1) is 0 Å². The van der Waals surface area contributed by atoms with Crippen LogP contribution in [0.25, 0.3) is 5.57 Å². The quantitative estimate of drug-likeness (QED) is 0.795. The van der Waals surface area contributed by atoms with Crippen molar-refractivity contribution in [2.45, 2.75) is 53.1 Å². The summed E-state index contributed by atoms with van der Waals surface area (Å²) in [5, 5.41) is 7.76. The Morgan fingerprint density at radius 1 is 1.47 bits per heavy atom. The highest BCUT2D eigenvalue weighted by Crippen LogP contribution is 2.13. The first-order valence-electron chi connectivity index (χ1n) is 6.37. The molecule has 0 fully saturated rings. The summed E-state index contributed by atoms with van der Waals surface area (Å²) in [6, 6.07) is 0. The van der Waals surface area contributed by atoms with E-state index >= 15 is 0 Å². The van der Waals surface area contributed by atoms with Crippen molar-refractivity contribution in [3.8, 4) is 0 Å². The Labute approximate surface area is 105 Å². The molecule has 96 valence electrons. The summed E-state index contributed by atoms with van der Waals surface area (Å²) >= 11 is 0. The molecule has 0 aromatic carbocycles. The van der Waals surface area contributed by atoms with Crippen LogP contribution in [0.15, 0.2) is 18.5 Å². The van der Waals surface area contributed by atoms with Crippen LogP contribution in [-0.2, 0) is 6.54 Å². The van der Waals surface area contributed by atoms with Crippen LogP contribution in [0.5, 0.6) is 0 Å². The summed E-state index contributed by atoms with van der Waals surface area (Å²) in [5.74, 6) is 0. The lowest BCUT2D eigenvalue weighted by molar-refractivity contribution is 0.431. The molecule has 0 aliphatic carbocycles. The number of allylic oxidation sites excluding steroid dienone is 1. The molecule has 0 unspecified atom stereocenters. The monoisotopic (exact) mass is 235 g/mol. The van der Waals surface area contributed by atoms with Crippen molar-refractivity contribution in [1.82, 2.24) is 15.1 Å². The number of rotatable bonds is 5. The smallest absolute Gasteiger partial charge is 0.0564 e. The van der Waals surface area contributed by atoms with E-state index < -0.39 is 0 Å². The third-order valence-corrected chi connectivity index (χ3v) is 2.66. The molecule has 0 bridgehead atoms. The average Bonchev–Trinajstić information content (AvgIpc) is 2.71. The van der Waals surface area contributed by atoms with Crippen molar-refractivity contribution >= 4 is 5.57 Å². The van der Waals surface area contributed by atoms with Gasteiger partial charge >= 0.3 is 0 Å². The second-order valence-electron chi connectivity index (χ2n) is 5.44. The first-order chi connectivity index (χ1) is 7.92.